The SMILES string of the molecule is CCCN(CCC[Si]=O)Cc1cn(Cc2cc3cccc4ccc5cccc2c5c43)nn1. The molecule has 0 amide bonds. The Labute approximate surface area is 190 Å². The van der Waals surface area contributed by atoms with Crippen molar-refractivity contribution in [1.82, 2.24) is 19.9 Å². The summed E-state index contributed by atoms with van der Waals surface area (Å²) in [5.41, 5.74) is 2.25. The van der Waals surface area contributed by atoms with E-state index in [-0.39, 0.29) is 9.41 Å². The molecule has 5 aromatic rings. The van der Waals surface area contributed by atoms with Gasteiger partial charge in [0.25, 0.3) is 0 Å². The average molecular weight is 440 g/mol. The summed E-state index contributed by atoms with van der Waals surface area (Å²) in [6, 6.07) is 20.6. The topological polar surface area (TPSA) is 51.0 Å². The van der Waals surface area contributed by atoms with Crippen LogP contribution in [0.15, 0.2) is 60.8 Å². The molecule has 0 aliphatic heterocycles. The third kappa shape index (κ3) is 4.08. The van der Waals surface area contributed by atoms with Crippen molar-refractivity contribution in [3.63, 3.8) is 0 Å². The summed E-state index contributed by atoms with van der Waals surface area (Å²) >= 11 is 0. The summed E-state index contributed by atoms with van der Waals surface area (Å²) in [6.07, 6.45) is 4.12. The Morgan fingerprint density at radius 1 is 0.969 bits per heavy atom. The molecule has 32 heavy (non-hydrogen) atoms. The van der Waals surface area contributed by atoms with E-state index >= 15 is 0 Å². The first kappa shape index (κ1) is 20.9. The zero-order valence-electron chi connectivity index (χ0n) is 18.4. The minimum atomic E-state index is -0.211. The molecule has 0 atom stereocenters. The van der Waals surface area contributed by atoms with Gasteiger partial charge in [-0.05, 0) is 75.9 Å². The largest absolute Gasteiger partial charge is 0.385 e. The van der Waals surface area contributed by atoms with Crippen LogP contribution in [0.4, 0.5) is 0 Å². The highest BCUT2D eigenvalue weighted by Crippen LogP contribution is 2.36. The maximum atomic E-state index is 10.8. The maximum absolute atomic E-state index is 10.8. The van der Waals surface area contributed by atoms with Crippen LogP contribution >= 0.6 is 0 Å². The molecule has 5 nitrogen and oxygen atoms in total. The van der Waals surface area contributed by atoms with Gasteiger partial charge in [-0.1, -0.05) is 60.7 Å². The Morgan fingerprint density at radius 2 is 1.75 bits per heavy atom. The van der Waals surface area contributed by atoms with E-state index in [2.05, 4.69) is 82.9 Å². The van der Waals surface area contributed by atoms with Crippen molar-refractivity contribution < 1.29 is 4.46 Å². The number of rotatable bonds is 10. The Hall–Kier alpha value is -2.96. The van der Waals surface area contributed by atoms with Gasteiger partial charge >= 0.3 is 9.41 Å². The molecule has 0 spiro atoms. The fourth-order valence-corrected chi connectivity index (χ4v) is 5.12. The van der Waals surface area contributed by atoms with Gasteiger partial charge in [-0.15, -0.1) is 5.10 Å². The van der Waals surface area contributed by atoms with Crippen molar-refractivity contribution in [2.75, 3.05) is 13.1 Å². The van der Waals surface area contributed by atoms with Gasteiger partial charge in [-0.25, -0.2) is 4.68 Å². The molecule has 0 N–H and O–H groups in total. The third-order valence-corrected chi connectivity index (χ3v) is 6.75. The molecular weight excluding hydrogens is 412 g/mol. The normalized spacial score (nSPS) is 11.9. The van der Waals surface area contributed by atoms with Crippen molar-refractivity contribution >= 4 is 41.7 Å². The lowest BCUT2D eigenvalue weighted by atomic mass is 9.91. The van der Waals surface area contributed by atoms with Gasteiger partial charge in [0.2, 0.25) is 0 Å². The van der Waals surface area contributed by atoms with Crippen LogP contribution in [-0.2, 0) is 17.6 Å². The average Bonchev–Trinajstić information content (AvgIpc) is 3.25. The number of hydrogen-bond acceptors (Lipinski definition) is 4. The van der Waals surface area contributed by atoms with Crippen molar-refractivity contribution in [1.29, 1.82) is 0 Å². The van der Waals surface area contributed by atoms with Crippen LogP contribution in [0.3, 0.4) is 0 Å². The number of aromatic nitrogens is 3. The van der Waals surface area contributed by atoms with Gasteiger partial charge in [-0.2, -0.15) is 0 Å². The lowest BCUT2D eigenvalue weighted by Gasteiger charge is -2.19. The van der Waals surface area contributed by atoms with Crippen LogP contribution in [0.1, 0.15) is 31.0 Å². The monoisotopic (exact) mass is 439 g/mol. The first-order valence-corrected chi connectivity index (χ1v) is 12.5. The van der Waals surface area contributed by atoms with Gasteiger partial charge in [0.05, 0.1) is 18.4 Å². The number of nitrogens with zero attached hydrogens (tertiary/aromatic N) is 4. The van der Waals surface area contributed by atoms with Crippen LogP contribution < -0.4 is 0 Å². The van der Waals surface area contributed by atoms with E-state index in [4.69, 9.17) is 0 Å². The molecule has 0 aliphatic rings. The molecule has 0 aliphatic carbocycles. The molecule has 4 aromatic carbocycles. The maximum Gasteiger partial charge on any atom is 0.325 e. The lowest BCUT2D eigenvalue weighted by Crippen LogP contribution is -2.25. The van der Waals surface area contributed by atoms with Crippen LogP contribution in [0, 0.1) is 0 Å². The predicted octanol–water partition coefficient (Wildman–Crippen LogP) is 5.29. The minimum Gasteiger partial charge on any atom is -0.385 e. The molecule has 6 heteroatoms. The van der Waals surface area contributed by atoms with E-state index in [0.29, 0.717) is 6.54 Å². The van der Waals surface area contributed by atoms with Crippen LogP contribution in [0.25, 0.3) is 32.3 Å². The lowest BCUT2D eigenvalue weighted by molar-refractivity contribution is 0.263. The second-order valence-electron chi connectivity index (χ2n) is 8.52. The molecular formula is C26H27N4OSi. The summed E-state index contributed by atoms with van der Waals surface area (Å²) in [7, 11) is -0.211. The van der Waals surface area contributed by atoms with Gasteiger partial charge in [-0.3, -0.25) is 4.90 Å². The van der Waals surface area contributed by atoms with E-state index in [1.807, 2.05) is 4.68 Å². The summed E-state index contributed by atoms with van der Waals surface area (Å²) in [5.74, 6) is 0. The first-order chi connectivity index (χ1) is 15.8. The Morgan fingerprint density at radius 3 is 2.56 bits per heavy atom. The first-order valence-electron chi connectivity index (χ1n) is 11.4. The highest BCUT2D eigenvalue weighted by atomic mass is 28.2. The molecule has 0 fully saturated rings. The third-order valence-electron chi connectivity index (χ3n) is 6.19. The van der Waals surface area contributed by atoms with E-state index in [0.717, 1.165) is 44.2 Å². The van der Waals surface area contributed by atoms with Crippen molar-refractivity contribution in [3.05, 3.63) is 72.1 Å². The Balaban J connectivity index is 1.44. The quantitative estimate of drug-likeness (QED) is 0.168. The van der Waals surface area contributed by atoms with Crippen LogP contribution in [0.5, 0.6) is 0 Å². The summed E-state index contributed by atoms with van der Waals surface area (Å²) in [4.78, 5) is 2.38. The van der Waals surface area contributed by atoms with Crippen molar-refractivity contribution in [2.45, 2.75) is 38.9 Å². The Kier molecular flexibility index (Phi) is 6.05. The zero-order chi connectivity index (χ0) is 21.9. The molecule has 1 radical (unpaired) electrons. The smallest absolute Gasteiger partial charge is 0.325 e. The summed E-state index contributed by atoms with van der Waals surface area (Å²) < 4.78 is 12.8. The van der Waals surface area contributed by atoms with E-state index in [9.17, 15) is 4.46 Å². The molecule has 161 valence electrons. The molecule has 0 bridgehead atoms. The Bertz CT molecular complexity index is 1360. The van der Waals surface area contributed by atoms with Crippen molar-refractivity contribution in [3.8, 4) is 0 Å². The van der Waals surface area contributed by atoms with Gasteiger partial charge in [0, 0.05) is 6.54 Å². The van der Waals surface area contributed by atoms with E-state index < -0.39 is 0 Å². The molecule has 1 heterocycles. The fourth-order valence-electron chi connectivity index (χ4n) is 4.82. The zero-order valence-corrected chi connectivity index (χ0v) is 19.4. The second kappa shape index (κ2) is 9.26. The standard InChI is InChI=1S/C26H27N4OSi/c1-2-12-29(13-5-14-32-31)17-23-18-30(28-27-23)16-22-15-21-8-3-6-19-10-11-20-7-4-9-24(22)26(20)25(19)21/h3-4,6-11,15,18H,2,5,12-14,16-17H2,1H3. The molecule has 0 saturated heterocycles. The highest BCUT2D eigenvalue weighted by Gasteiger charge is 2.13. The van der Waals surface area contributed by atoms with Crippen molar-refractivity contribution in [2.24, 2.45) is 0 Å². The minimum absolute atomic E-state index is 0.211. The second-order valence-corrected chi connectivity index (χ2v) is 9.30. The molecule has 0 saturated carbocycles. The van der Waals surface area contributed by atoms with Crippen LogP contribution in [0.2, 0.25) is 6.04 Å². The summed E-state index contributed by atoms with van der Waals surface area (Å²) in [5, 5.41) is 16.7. The molecule has 0 unspecified atom stereocenters. The highest BCUT2D eigenvalue weighted by molar-refractivity contribution is 6.23. The van der Waals surface area contributed by atoms with Gasteiger partial charge in [0.15, 0.2) is 0 Å². The molecule has 5 rings (SSSR count). The molecule has 1 aromatic heterocycles. The van der Waals surface area contributed by atoms with Gasteiger partial charge in [0.1, 0.15) is 0 Å². The number of benzene rings is 4. The number of hydrogen-bond donors (Lipinski definition) is 0. The fraction of sp³-hybridized carbons (Fsp3) is 0.308. The van der Waals surface area contributed by atoms with E-state index in [1.165, 1.54) is 37.9 Å². The van der Waals surface area contributed by atoms with Crippen LogP contribution in [-0.4, -0.2) is 42.4 Å². The van der Waals surface area contributed by atoms with E-state index in [1.54, 1.807) is 0 Å². The van der Waals surface area contributed by atoms with Gasteiger partial charge < -0.3 is 4.46 Å². The predicted molar refractivity (Wildman–Crippen MR) is 131 cm³/mol. The summed E-state index contributed by atoms with van der Waals surface area (Å²) in [6.45, 7) is 5.63.